The van der Waals surface area contributed by atoms with Gasteiger partial charge in [0.1, 0.15) is 6.61 Å². The average molecular weight is 413 g/mol. The van der Waals surface area contributed by atoms with Crippen molar-refractivity contribution in [2.24, 2.45) is 34.5 Å². The zero-order valence-corrected chi connectivity index (χ0v) is 18.2. The molecule has 0 aromatic heterocycles. The van der Waals surface area contributed by atoms with Crippen molar-refractivity contribution >= 4 is 0 Å². The molecule has 0 heterocycles. The van der Waals surface area contributed by atoms with Gasteiger partial charge in [0.2, 0.25) is 0 Å². The molecule has 0 spiro atoms. The zero-order chi connectivity index (χ0) is 21.0. The third-order valence-corrected chi connectivity index (χ3v) is 9.58. The number of fused-ring (bicyclic) bond motifs is 5. The van der Waals surface area contributed by atoms with Gasteiger partial charge in [-0.2, -0.15) is 0 Å². The number of aliphatic hydroxyl groups is 2. The minimum atomic E-state index is -2.97. The van der Waals surface area contributed by atoms with E-state index in [1.165, 1.54) is 5.57 Å². The van der Waals surface area contributed by atoms with Gasteiger partial charge < -0.3 is 14.9 Å². The second-order valence-electron chi connectivity index (χ2n) is 10.9. The predicted molar refractivity (Wildman–Crippen MR) is 109 cm³/mol. The Balaban J connectivity index is 1.60. The van der Waals surface area contributed by atoms with Gasteiger partial charge in [-0.05, 0) is 85.9 Å². The fourth-order valence-electron chi connectivity index (χ4n) is 8.00. The zero-order valence-electron chi connectivity index (χ0n) is 18.2. The van der Waals surface area contributed by atoms with Crippen molar-refractivity contribution in [3.8, 4) is 0 Å². The summed E-state index contributed by atoms with van der Waals surface area (Å²) < 4.78 is 33.6. The third-order valence-electron chi connectivity index (χ3n) is 9.58. The molecule has 4 aliphatic carbocycles. The van der Waals surface area contributed by atoms with Crippen LogP contribution < -0.4 is 0 Å². The lowest BCUT2D eigenvalue weighted by atomic mass is 9.46. The summed E-state index contributed by atoms with van der Waals surface area (Å²) in [5.41, 5.74) is 1.54. The van der Waals surface area contributed by atoms with E-state index in [1.54, 1.807) is 0 Å². The summed E-state index contributed by atoms with van der Waals surface area (Å²) >= 11 is 0. The van der Waals surface area contributed by atoms with Crippen LogP contribution in [0.4, 0.5) is 8.78 Å². The minimum Gasteiger partial charge on any atom is -0.393 e. The van der Waals surface area contributed by atoms with Gasteiger partial charge >= 0.3 is 0 Å². The van der Waals surface area contributed by atoms with Crippen LogP contribution in [0.15, 0.2) is 11.6 Å². The second kappa shape index (κ2) is 7.56. The first-order valence-corrected chi connectivity index (χ1v) is 11.5. The van der Waals surface area contributed by atoms with Crippen LogP contribution in [0.5, 0.6) is 0 Å². The summed E-state index contributed by atoms with van der Waals surface area (Å²) in [6.07, 6.45) is 9.34. The number of hydrogen-bond acceptors (Lipinski definition) is 3. The lowest BCUT2D eigenvalue weighted by molar-refractivity contribution is -0.140. The maximum Gasteiger partial charge on any atom is 0.270 e. The second-order valence-corrected chi connectivity index (χ2v) is 10.9. The normalized spacial score (nSPS) is 47.2. The van der Waals surface area contributed by atoms with Gasteiger partial charge in [0.25, 0.3) is 5.92 Å². The molecule has 0 amide bonds. The maximum atomic E-state index is 13.7. The number of hydrogen-bond donors (Lipinski definition) is 2. The first-order chi connectivity index (χ1) is 13.6. The van der Waals surface area contributed by atoms with E-state index in [9.17, 15) is 13.9 Å². The molecule has 0 radical (unpaired) electrons. The number of rotatable bonds is 5. The quantitative estimate of drug-likeness (QED) is 0.628. The van der Waals surface area contributed by atoms with Crippen LogP contribution in [0.2, 0.25) is 0 Å². The number of halogens is 2. The summed E-state index contributed by atoms with van der Waals surface area (Å²) in [6.45, 7) is 3.65. The Bertz CT molecular complexity index is 650. The Morgan fingerprint density at radius 2 is 2.00 bits per heavy atom. The molecule has 8 atom stereocenters. The topological polar surface area (TPSA) is 49.7 Å². The average Bonchev–Trinajstić information content (AvgIpc) is 3.02. The van der Waals surface area contributed by atoms with Crippen LogP contribution in [0.3, 0.4) is 0 Å². The van der Waals surface area contributed by atoms with Gasteiger partial charge in [-0.15, -0.1) is 0 Å². The molecule has 3 saturated carbocycles. The molecule has 29 heavy (non-hydrogen) atoms. The largest absolute Gasteiger partial charge is 0.393 e. The van der Waals surface area contributed by atoms with Crippen molar-refractivity contribution in [2.75, 3.05) is 13.7 Å². The molecule has 166 valence electrons. The Morgan fingerprint density at radius 1 is 1.24 bits per heavy atom. The van der Waals surface area contributed by atoms with E-state index in [1.807, 2.05) is 7.11 Å². The van der Waals surface area contributed by atoms with Crippen LogP contribution in [-0.4, -0.2) is 42.1 Å². The van der Waals surface area contributed by atoms with E-state index in [4.69, 9.17) is 9.84 Å². The van der Waals surface area contributed by atoms with Crippen molar-refractivity contribution in [1.82, 2.24) is 0 Å². The van der Waals surface area contributed by atoms with E-state index in [2.05, 4.69) is 19.9 Å². The lowest BCUT2D eigenvalue weighted by Gasteiger charge is -2.60. The highest BCUT2D eigenvalue weighted by Gasteiger charge is 2.61. The van der Waals surface area contributed by atoms with Crippen LogP contribution in [0.1, 0.15) is 71.6 Å². The monoisotopic (exact) mass is 412 g/mol. The molecule has 0 aliphatic heterocycles. The maximum absolute atomic E-state index is 13.7. The van der Waals surface area contributed by atoms with Crippen molar-refractivity contribution < 1.29 is 23.7 Å². The van der Waals surface area contributed by atoms with E-state index in [0.717, 1.165) is 44.9 Å². The first-order valence-electron chi connectivity index (χ1n) is 11.5. The molecule has 3 nitrogen and oxygen atoms in total. The minimum absolute atomic E-state index is 0.0310. The molecule has 7 unspecified atom stereocenters. The van der Waals surface area contributed by atoms with E-state index < -0.39 is 12.5 Å². The van der Waals surface area contributed by atoms with Crippen LogP contribution in [0.25, 0.3) is 0 Å². The lowest BCUT2D eigenvalue weighted by Crippen LogP contribution is -2.56. The fourth-order valence-corrected chi connectivity index (χ4v) is 8.00. The van der Waals surface area contributed by atoms with Gasteiger partial charge in [0, 0.05) is 13.5 Å². The van der Waals surface area contributed by atoms with Gasteiger partial charge in [0.15, 0.2) is 0 Å². The van der Waals surface area contributed by atoms with Crippen molar-refractivity contribution in [3.63, 3.8) is 0 Å². The Labute approximate surface area is 173 Å². The van der Waals surface area contributed by atoms with Gasteiger partial charge in [0.05, 0.1) is 12.2 Å². The Kier molecular flexibility index (Phi) is 5.66. The van der Waals surface area contributed by atoms with Crippen LogP contribution >= 0.6 is 0 Å². The first kappa shape index (κ1) is 21.7. The Hall–Kier alpha value is -0.520. The molecular weight excluding hydrogens is 374 g/mol. The molecule has 5 heteroatoms. The van der Waals surface area contributed by atoms with Crippen molar-refractivity contribution in [3.05, 3.63) is 11.6 Å². The summed E-state index contributed by atoms with van der Waals surface area (Å²) in [4.78, 5) is 0. The molecule has 4 aliphatic rings. The molecular formula is C24H38F2O3. The van der Waals surface area contributed by atoms with E-state index in [0.29, 0.717) is 24.2 Å². The smallest absolute Gasteiger partial charge is 0.270 e. The summed E-state index contributed by atoms with van der Waals surface area (Å²) in [5, 5.41) is 19.2. The Morgan fingerprint density at radius 3 is 2.69 bits per heavy atom. The van der Waals surface area contributed by atoms with E-state index >= 15 is 0 Å². The van der Waals surface area contributed by atoms with Crippen molar-refractivity contribution in [2.45, 2.75) is 89.8 Å². The number of aliphatic hydroxyl groups excluding tert-OH is 2. The summed E-state index contributed by atoms with van der Waals surface area (Å²) in [7, 11) is 1.81. The molecule has 0 aromatic rings. The molecule has 2 N–H and O–H groups in total. The number of methoxy groups -OCH3 is 1. The van der Waals surface area contributed by atoms with Gasteiger partial charge in [-0.1, -0.05) is 25.5 Å². The highest BCUT2D eigenvalue weighted by molar-refractivity contribution is 5.26. The van der Waals surface area contributed by atoms with Crippen LogP contribution in [0, 0.1) is 34.5 Å². The summed E-state index contributed by atoms with van der Waals surface area (Å²) in [6, 6.07) is 0. The fraction of sp³-hybridized carbons (Fsp3) is 0.917. The molecule has 3 fully saturated rings. The summed E-state index contributed by atoms with van der Waals surface area (Å²) in [5.74, 6) is -1.16. The SMILES string of the molecule is COC1CC2(C)C(CC[C@@H]2CCC(F)(F)CO)C2CC=C3CC(O)CCC3(C)C12. The molecule has 0 saturated heterocycles. The molecule has 4 rings (SSSR count). The number of ether oxygens (including phenoxy) is 1. The molecule has 0 bridgehead atoms. The predicted octanol–water partition coefficient (Wildman–Crippen LogP) is 4.96. The number of alkyl halides is 2. The highest BCUT2D eigenvalue weighted by Crippen LogP contribution is 2.67. The van der Waals surface area contributed by atoms with E-state index in [-0.39, 0.29) is 35.4 Å². The highest BCUT2D eigenvalue weighted by atomic mass is 19.3. The molecule has 0 aromatic carbocycles. The van der Waals surface area contributed by atoms with Crippen molar-refractivity contribution in [1.29, 1.82) is 0 Å². The van der Waals surface area contributed by atoms with Crippen LogP contribution in [-0.2, 0) is 4.74 Å². The third kappa shape index (κ3) is 3.49. The standard InChI is InChI=1S/C24H38F2O3/c1-22-10-9-17(28)12-16(22)4-6-18-19-7-5-15(8-11-24(25,26)14-27)23(19,2)13-20(29-3)21(18)22/h4,15,17-21,27-28H,5-14H2,1-3H3/t15-,17?,18?,19?,20?,21?,22?,23?/m1/s1. The van der Waals surface area contributed by atoms with Gasteiger partial charge in [-0.3, -0.25) is 0 Å². The van der Waals surface area contributed by atoms with Gasteiger partial charge in [-0.25, -0.2) is 8.78 Å². The number of allylic oxidation sites excluding steroid dienone is 1.